The zero-order valence-corrected chi connectivity index (χ0v) is 16.8. The van der Waals surface area contributed by atoms with Crippen molar-refractivity contribution in [1.82, 2.24) is 4.90 Å². The van der Waals surface area contributed by atoms with E-state index in [9.17, 15) is 14.4 Å². The molecule has 0 saturated carbocycles. The monoisotopic (exact) mass is 393 g/mol. The van der Waals surface area contributed by atoms with Crippen LogP contribution < -0.4 is 16.3 Å². The van der Waals surface area contributed by atoms with E-state index in [1.54, 1.807) is 41.3 Å². The van der Waals surface area contributed by atoms with Crippen molar-refractivity contribution in [2.75, 3.05) is 31.3 Å². The minimum atomic E-state index is -0.399. The van der Waals surface area contributed by atoms with Crippen LogP contribution in [-0.4, -0.2) is 37.4 Å². The van der Waals surface area contributed by atoms with Gasteiger partial charge in [-0.2, -0.15) is 0 Å². The Labute approximate surface area is 168 Å². The van der Waals surface area contributed by atoms with E-state index in [2.05, 4.69) is 10.6 Å². The van der Waals surface area contributed by atoms with Crippen LogP contribution in [0.2, 0.25) is 0 Å². The van der Waals surface area contributed by atoms with E-state index in [0.29, 0.717) is 22.5 Å². The Hall–Kier alpha value is -3.45. The van der Waals surface area contributed by atoms with Crippen molar-refractivity contribution in [2.45, 2.75) is 13.8 Å². The summed E-state index contributed by atoms with van der Waals surface area (Å²) in [5, 5.41) is 6.44. The zero-order valence-electron chi connectivity index (χ0n) is 16.8. The molecule has 2 aromatic carbocycles. The van der Waals surface area contributed by atoms with Gasteiger partial charge < -0.3 is 20.0 Å². The number of hydrogen-bond acceptors (Lipinski definition) is 5. The summed E-state index contributed by atoms with van der Waals surface area (Å²) >= 11 is 0. The molecule has 0 aliphatic heterocycles. The second-order valence-corrected chi connectivity index (χ2v) is 7.23. The predicted octanol–water partition coefficient (Wildman–Crippen LogP) is 3.16. The minimum absolute atomic E-state index is 0.124. The van der Waals surface area contributed by atoms with Gasteiger partial charge in [-0.3, -0.25) is 9.59 Å². The molecule has 0 aliphatic rings. The average molecular weight is 393 g/mol. The summed E-state index contributed by atoms with van der Waals surface area (Å²) in [5.41, 5.74) is 3.39. The molecular formula is C22H23N3O4. The van der Waals surface area contributed by atoms with Gasteiger partial charge in [0.05, 0.1) is 6.54 Å². The molecule has 0 spiro atoms. The number of nitrogens with zero attached hydrogens (tertiary/aromatic N) is 1. The summed E-state index contributed by atoms with van der Waals surface area (Å²) in [6, 6.07) is 11.7. The fourth-order valence-electron chi connectivity index (χ4n) is 2.99. The van der Waals surface area contributed by atoms with Crippen LogP contribution >= 0.6 is 0 Å². The average Bonchev–Trinajstić information content (AvgIpc) is 2.62. The van der Waals surface area contributed by atoms with E-state index in [1.165, 1.54) is 6.07 Å². The first-order valence-electron chi connectivity index (χ1n) is 9.14. The van der Waals surface area contributed by atoms with Crippen LogP contribution in [0.1, 0.15) is 21.5 Å². The molecule has 2 N–H and O–H groups in total. The van der Waals surface area contributed by atoms with Crippen LogP contribution in [0.5, 0.6) is 0 Å². The smallest absolute Gasteiger partial charge is 0.336 e. The van der Waals surface area contributed by atoms with Gasteiger partial charge in [0, 0.05) is 28.4 Å². The summed E-state index contributed by atoms with van der Waals surface area (Å²) in [4.78, 5) is 37.8. The highest BCUT2D eigenvalue weighted by Gasteiger charge is 2.12. The van der Waals surface area contributed by atoms with Gasteiger partial charge in [-0.05, 0) is 75.5 Å². The largest absolute Gasteiger partial charge is 0.423 e. The van der Waals surface area contributed by atoms with Crippen molar-refractivity contribution in [1.29, 1.82) is 0 Å². The molecule has 7 heteroatoms. The van der Waals surface area contributed by atoms with E-state index in [-0.39, 0.29) is 18.4 Å². The first-order valence-corrected chi connectivity index (χ1v) is 9.14. The molecule has 0 saturated heterocycles. The lowest BCUT2D eigenvalue weighted by Crippen LogP contribution is -2.27. The molecule has 0 unspecified atom stereocenters. The molecule has 0 atom stereocenters. The van der Waals surface area contributed by atoms with Crippen molar-refractivity contribution in [2.24, 2.45) is 0 Å². The molecule has 150 valence electrons. The second-order valence-electron chi connectivity index (χ2n) is 7.23. The predicted molar refractivity (Wildman–Crippen MR) is 114 cm³/mol. The van der Waals surface area contributed by atoms with E-state index >= 15 is 0 Å². The Morgan fingerprint density at radius 3 is 2.31 bits per heavy atom. The molecule has 0 radical (unpaired) electrons. The van der Waals surface area contributed by atoms with Crippen molar-refractivity contribution >= 4 is 34.2 Å². The highest BCUT2D eigenvalue weighted by molar-refractivity contribution is 6.06. The Morgan fingerprint density at radius 2 is 1.66 bits per heavy atom. The Balaban J connectivity index is 1.77. The molecule has 1 heterocycles. The maximum absolute atomic E-state index is 12.6. The van der Waals surface area contributed by atoms with Gasteiger partial charge in [-0.25, -0.2) is 4.79 Å². The molecule has 2 amide bonds. The summed E-state index contributed by atoms with van der Waals surface area (Å²) in [6.07, 6.45) is 0. The summed E-state index contributed by atoms with van der Waals surface area (Å²) in [7, 11) is 3.63. The maximum atomic E-state index is 12.6. The highest BCUT2D eigenvalue weighted by Crippen LogP contribution is 2.25. The lowest BCUT2D eigenvalue weighted by molar-refractivity contribution is -0.116. The number of nitrogens with one attached hydrogen (secondary N) is 2. The Kier molecular flexibility index (Phi) is 5.79. The summed E-state index contributed by atoms with van der Waals surface area (Å²) < 4.78 is 5.23. The molecule has 29 heavy (non-hydrogen) atoms. The number of hydrogen-bond donors (Lipinski definition) is 2. The molecule has 0 fully saturated rings. The van der Waals surface area contributed by atoms with Gasteiger partial charge in [0.1, 0.15) is 5.58 Å². The normalized spacial score (nSPS) is 10.9. The molecular weight excluding hydrogens is 370 g/mol. The third-order valence-corrected chi connectivity index (χ3v) is 4.44. The lowest BCUT2D eigenvalue weighted by Gasteiger charge is -2.12. The minimum Gasteiger partial charge on any atom is -0.423 e. The number of likely N-dealkylation sites (N-methyl/N-ethyl adjacent to an activating group) is 1. The van der Waals surface area contributed by atoms with Crippen molar-refractivity contribution in [3.05, 3.63) is 69.6 Å². The topological polar surface area (TPSA) is 91.6 Å². The van der Waals surface area contributed by atoms with Crippen LogP contribution in [-0.2, 0) is 4.79 Å². The van der Waals surface area contributed by atoms with E-state index in [0.717, 1.165) is 16.5 Å². The van der Waals surface area contributed by atoms with Crippen molar-refractivity contribution in [3.8, 4) is 0 Å². The standard InChI is InChI=1S/C22H23N3O4/c1-13-10-21(27)29-19-9-14(2)18(11-17(13)19)24-22(28)15-5-7-16(8-6-15)23-20(26)12-25(3)4/h5-11H,12H2,1-4H3,(H,23,26)(H,24,28). The molecule has 0 bridgehead atoms. The van der Waals surface area contributed by atoms with Crippen LogP contribution in [0.3, 0.4) is 0 Å². The number of aryl methyl sites for hydroxylation is 2. The van der Waals surface area contributed by atoms with E-state index in [4.69, 9.17) is 4.42 Å². The van der Waals surface area contributed by atoms with Crippen LogP contribution in [0.25, 0.3) is 11.0 Å². The highest BCUT2D eigenvalue weighted by atomic mass is 16.4. The van der Waals surface area contributed by atoms with Crippen LogP contribution in [0.4, 0.5) is 11.4 Å². The maximum Gasteiger partial charge on any atom is 0.336 e. The van der Waals surface area contributed by atoms with Gasteiger partial charge in [0.25, 0.3) is 5.91 Å². The third-order valence-electron chi connectivity index (χ3n) is 4.44. The number of anilines is 2. The second kappa shape index (κ2) is 8.28. The van der Waals surface area contributed by atoms with Gasteiger partial charge in [0.2, 0.25) is 5.91 Å². The van der Waals surface area contributed by atoms with Crippen molar-refractivity contribution < 1.29 is 14.0 Å². The number of carbonyl (C=O) groups is 2. The first kappa shape index (κ1) is 20.3. The van der Waals surface area contributed by atoms with Gasteiger partial charge >= 0.3 is 5.63 Å². The van der Waals surface area contributed by atoms with Gasteiger partial charge in [0.15, 0.2) is 0 Å². The lowest BCUT2D eigenvalue weighted by atomic mass is 10.1. The number of rotatable bonds is 5. The van der Waals surface area contributed by atoms with Crippen LogP contribution in [0, 0.1) is 13.8 Å². The molecule has 3 rings (SSSR count). The van der Waals surface area contributed by atoms with Gasteiger partial charge in [-0.15, -0.1) is 0 Å². The Morgan fingerprint density at radius 1 is 0.966 bits per heavy atom. The van der Waals surface area contributed by atoms with Gasteiger partial charge in [-0.1, -0.05) is 0 Å². The molecule has 3 aromatic rings. The van der Waals surface area contributed by atoms with Crippen LogP contribution in [0.15, 0.2) is 51.7 Å². The number of fused-ring (bicyclic) bond motifs is 1. The summed E-state index contributed by atoms with van der Waals surface area (Å²) in [5.74, 6) is -0.394. The fourth-order valence-corrected chi connectivity index (χ4v) is 2.99. The van der Waals surface area contributed by atoms with E-state index in [1.807, 2.05) is 27.9 Å². The molecule has 1 aromatic heterocycles. The molecule has 7 nitrogen and oxygen atoms in total. The number of amides is 2. The zero-order chi connectivity index (χ0) is 21.1. The first-order chi connectivity index (χ1) is 13.7. The fraction of sp³-hybridized carbons (Fsp3) is 0.227. The quantitative estimate of drug-likeness (QED) is 0.650. The number of benzene rings is 2. The SMILES string of the molecule is Cc1cc2oc(=O)cc(C)c2cc1NC(=O)c1ccc(NC(=O)CN(C)C)cc1. The Bertz CT molecular complexity index is 1130. The number of carbonyl (C=O) groups excluding carboxylic acids is 2. The summed E-state index contributed by atoms with van der Waals surface area (Å²) in [6.45, 7) is 3.94. The third kappa shape index (κ3) is 4.89. The van der Waals surface area contributed by atoms with E-state index < -0.39 is 5.63 Å². The molecule has 0 aliphatic carbocycles. The van der Waals surface area contributed by atoms with Crippen molar-refractivity contribution in [3.63, 3.8) is 0 Å².